The average molecular weight is 287 g/mol. The summed E-state index contributed by atoms with van der Waals surface area (Å²) >= 11 is 0. The third-order valence-electron chi connectivity index (χ3n) is 3.30. The highest BCUT2D eigenvalue weighted by Crippen LogP contribution is 2.21. The van der Waals surface area contributed by atoms with Crippen LogP contribution in [0.3, 0.4) is 0 Å². The van der Waals surface area contributed by atoms with Gasteiger partial charge in [0.05, 0.1) is 11.0 Å². The molecular weight excluding hydrogens is 269 g/mol. The van der Waals surface area contributed by atoms with Gasteiger partial charge in [0.15, 0.2) is 9.84 Å². The van der Waals surface area contributed by atoms with E-state index in [2.05, 4.69) is 0 Å². The van der Waals surface area contributed by atoms with Gasteiger partial charge in [0.2, 0.25) is 0 Å². The van der Waals surface area contributed by atoms with Crippen molar-refractivity contribution in [1.82, 2.24) is 0 Å². The molecule has 0 amide bonds. The van der Waals surface area contributed by atoms with Crippen LogP contribution in [0.25, 0.3) is 0 Å². The van der Waals surface area contributed by atoms with Gasteiger partial charge in [-0.3, -0.25) is 0 Å². The van der Waals surface area contributed by atoms with Gasteiger partial charge in [0, 0.05) is 19.8 Å². The number of hydrogen-bond acceptors (Lipinski definition) is 4. The molecule has 1 aliphatic heterocycles. The van der Waals surface area contributed by atoms with Crippen LogP contribution in [0, 0.1) is 5.82 Å². The summed E-state index contributed by atoms with van der Waals surface area (Å²) in [6.45, 7) is 1.14. The van der Waals surface area contributed by atoms with Crippen LogP contribution in [0.5, 0.6) is 0 Å². The molecule has 0 spiro atoms. The molecule has 4 nitrogen and oxygen atoms in total. The Hall–Kier alpha value is -0.980. The Kier molecular flexibility index (Phi) is 4.54. The first-order valence-electron chi connectivity index (χ1n) is 6.29. The number of rotatable bonds is 4. The summed E-state index contributed by atoms with van der Waals surface area (Å²) in [5, 5.41) is -0.383. The Morgan fingerprint density at radius 1 is 1.21 bits per heavy atom. The third kappa shape index (κ3) is 3.75. The van der Waals surface area contributed by atoms with E-state index in [9.17, 15) is 12.8 Å². The number of ether oxygens (including phenoxy) is 1. The Balaban J connectivity index is 2.17. The molecule has 106 valence electrons. The lowest BCUT2D eigenvalue weighted by Gasteiger charge is -2.22. The summed E-state index contributed by atoms with van der Waals surface area (Å²) in [6.07, 6.45) is 1.03. The Labute approximate surface area is 112 Å². The van der Waals surface area contributed by atoms with Crippen molar-refractivity contribution in [3.8, 4) is 0 Å². The molecule has 0 radical (unpaired) electrons. The topological polar surface area (TPSA) is 69.4 Å². The van der Waals surface area contributed by atoms with E-state index in [-0.39, 0.29) is 17.5 Å². The molecule has 0 atom stereocenters. The fraction of sp³-hybridized carbons (Fsp3) is 0.538. The van der Waals surface area contributed by atoms with Crippen LogP contribution in [-0.4, -0.2) is 26.9 Å². The summed E-state index contributed by atoms with van der Waals surface area (Å²) in [6, 6.07) is 4.24. The second-order valence-corrected chi connectivity index (χ2v) is 7.07. The number of halogens is 1. The van der Waals surface area contributed by atoms with Gasteiger partial charge in [0.1, 0.15) is 5.82 Å². The largest absolute Gasteiger partial charge is 0.381 e. The number of benzene rings is 1. The first-order valence-corrected chi connectivity index (χ1v) is 8.00. The zero-order valence-corrected chi connectivity index (χ0v) is 11.5. The highest BCUT2D eigenvalue weighted by Gasteiger charge is 2.27. The van der Waals surface area contributed by atoms with Crippen LogP contribution in [-0.2, 0) is 26.9 Å². The summed E-state index contributed by atoms with van der Waals surface area (Å²) in [4.78, 5) is 0. The lowest BCUT2D eigenvalue weighted by molar-refractivity contribution is 0.0983. The molecule has 1 saturated heterocycles. The van der Waals surface area contributed by atoms with Gasteiger partial charge >= 0.3 is 0 Å². The van der Waals surface area contributed by atoms with Gasteiger partial charge < -0.3 is 10.5 Å². The molecule has 1 aliphatic rings. The van der Waals surface area contributed by atoms with Crippen molar-refractivity contribution < 1.29 is 17.5 Å². The summed E-state index contributed by atoms with van der Waals surface area (Å²) in [7, 11) is -3.27. The highest BCUT2D eigenvalue weighted by molar-refractivity contribution is 7.91. The van der Waals surface area contributed by atoms with Crippen LogP contribution < -0.4 is 5.73 Å². The molecule has 0 aromatic heterocycles. The van der Waals surface area contributed by atoms with Crippen LogP contribution in [0.2, 0.25) is 0 Å². The summed E-state index contributed by atoms with van der Waals surface area (Å²) in [5.74, 6) is -0.581. The van der Waals surface area contributed by atoms with E-state index < -0.39 is 15.7 Å². The van der Waals surface area contributed by atoms with Gasteiger partial charge in [-0.05, 0) is 36.1 Å². The predicted octanol–water partition coefficient (Wildman–Crippen LogP) is 1.38. The lowest BCUT2D eigenvalue weighted by atomic mass is 10.1. The molecular formula is C13H18FNO3S. The standard InChI is InChI=1S/C13H18FNO3S/c14-12-6-10(8-15)5-11(7-12)9-19(16,17)13-1-3-18-4-2-13/h5-7,13H,1-4,8-9,15H2. The first kappa shape index (κ1) is 14.4. The molecule has 1 aromatic carbocycles. The van der Waals surface area contributed by atoms with E-state index in [0.29, 0.717) is 37.2 Å². The SMILES string of the molecule is NCc1cc(F)cc(CS(=O)(=O)C2CCOCC2)c1. The fourth-order valence-electron chi connectivity index (χ4n) is 2.30. The third-order valence-corrected chi connectivity index (χ3v) is 5.52. The normalized spacial score (nSPS) is 17.6. The van der Waals surface area contributed by atoms with Crippen LogP contribution >= 0.6 is 0 Å². The molecule has 0 unspecified atom stereocenters. The summed E-state index contributed by atoms with van der Waals surface area (Å²) < 4.78 is 43.0. The van der Waals surface area contributed by atoms with E-state index in [1.54, 1.807) is 6.07 Å². The molecule has 0 saturated carbocycles. The molecule has 1 aromatic rings. The van der Waals surface area contributed by atoms with Crippen molar-refractivity contribution in [2.45, 2.75) is 30.4 Å². The van der Waals surface area contributed by atoms with E-state index in [0.717, 1.165) is 0 Å². The van der Waals surface area contributed by atoms with Crippen molar-refractivity contribution in [3.05, 3.63) is 35.1 Å². The maximum atomic E-state index is 13.4. The minimum Gasteiger partial charge on any atom is -0.381 e. The monoisotopic (exact) mass is 287 g/mol. The van der Waals surface area contributed by atoms with Crippen molar-refractivity contribution in [2.24, 2.45) is 5.73 Å². The number of hydrogen-bond donors (Lipinski definition) is 1. The Bertz CT molecular complexity index is 539. The van der Waals surface area contributed by atoms with Gasteiger partial charge in [-0.25, -0.2) is 12.8 Å². The number of nitrogens with two attached hydrogens (primary N) is 1. The van der Waals surface area contributed by atoms with Crippen LogP contribution in [0.4, 0.5) is 4.39 Å². The quantitative estimate of drug-likeness (QED) is 0.908. The van der Waals surface area contributed by atoms with Crippen molar-refractivity contribution >= 4 is 9.84 Å². The molecule has 0 aliphatic carbocycles. The van der Waals surface area contributed by atoms with Gasteiger partial charge in [-0.1, -0.05) is 6.07 Å². The molecule has 6 heteroatoms. The van der Waals surface area contributed by atoms with Gasteiger partial charge in [-0.2, -0.15) is 0 Å². The second-order valence-electron chi connectivity index (χ2n) is 4.79. The summed E-state index contributed by atoms with van der Waals surface area (Å²) in [5.41, 5.74) is 6.53. The maximum Gasteiger partial charge on any atom is 0.157 e. The zero-order chi connectivity index (χ0) is 13.9. The Morgan fingerprint density at radius 3 is 2.47 bits per heavy atom. The zero-order valence-electron chi connectivity index (χ0n) is 10.6. The molecule has 19 heavy (non-hydrogen) atoms. The second kappa shape index (κ2) is 5.98. The van der Waals surface area contributed by atoms with Crippen LogP contribution in [0.15, 0.2) is 18.2 Å². The fourth-order valence-corrected chi connectivity index (χ4v) is 4.08. The van der Waals surface area contributed by atoms with E-state index in [1.165, 1.54) is 12.1 Å². The maximum absolute atomic E-state index is 13.4. The molecule has 1 fully saturated rings. The van der Waals surface area contributed by atoms with Gasteiger partial charge in [-0.15, -0.1) is 0 Å². The minimum absolute atomic E-state index is 0.136. The van der Waals surface area contributed by atoms with Crippen molar-refractivity contribution in [2.75, 3.05) is 13.2 Å². The van der Waals surface area contributed by atoms with Gasteiger partial charge in [0.25, 0.3) is 0 Å². The van der Waals surface area contributed by atoms with Crippen LogP contribution in [0.1, 0.15) is 24.0 Å². The minimum atomic E-state index is -3.27. The first-order chi connectivity index (χ1) is 9.01. The molecule has 2 N–H and O–H groups in total. The smallest absolute Gasteiger partial charge is 0.157 e. The molecule has 1 heterocycles. The lowest BCUT2D eigenvalue weighted by Crippen LogP contribution is -2.29. The highest BCUT2D eigenvalue weighted by atomic mass is 32.2. The number of sulfone groups is 1. The molecule has 2 rings (SSSR count). The van der Waals surface area contributed by atoms with E-state index >= 15 is 0 Å². The Morgan fingerprint density at radius 2 is 1.84 bits per heavy atom. The predicted molar refractivity (Wildman–Crippen MR) is 70.8 cm³/mol. The van der Waals surface area contributed by atoms with E-state index in [4.69, 9.17) is 10.5 Å². The average Bonchev–Trinajstić information content (AvgIpc) is 2.38. The van der Waals surface area contributed by atoms with Crippen molar-refractivity contribution in [1.29, 1.82) is 0 Å². The van der Waals surface area contributed by atoms with E-state index in [1.807, 2.05) is 0 Å². The molecule has 0 bridgehead atoms. The van der Waals surface area contributed by atoms with Crippen molar-refractivity contribution in [3.63, 3.8) is 0 Å².